The van der Waals surface area contributed by atoms with E-state index in [-0.39, 0.29) is 17.5 Å². The first kappa shape index (κ1) is 12.7. The molecule has 0 saturated heterocycles. The molecule has 2 aromatic rings. The van der Waals surface area contributed by atoms with Crippen LogP contribution in [0, 0.1) is 5.82 Å². The first-order valence-corrected chi connectivity index (χ1v) is 6.20. The van der Waals surface area contributed by atoms with E-state index in [0.29, 0.717) is 15.7 Å². The molecule has 0 aliphatic carbocycles. The first-order valence-electron chi connectivity index (χ1n) is 5.39. The third-order valence-electron chi connectivity index (χ3n) is 2.36. The number of hydrogen-bond acceptors (Lipinski definition) is 4. The summed E-state index contributed by atoms with van der Waals surface area (Å²) in [7, 11) is 0. The van der Waals surface area contributed by atoms with E-state index in [1.807, 2.05) is 13.8 Å². The lowest BCUT2D eigenvalue weighted by atomic mass is 10.3. The molecule has 18 heavy (non-hydrogen) atoms. The summed E-state index contributed by atoms with van der Waals surface area (Å²) in [6.45, 7) is 3.77. The number of H-pyrrole nitrogens is 1. The van der Waals surface area contributed by atoms with Gasteiger partial charge in [-0.1, -0.05) is 0 Å². The summed E-state index contributed by atoms with van der Waals surface area (Å²) in [6.07, 6.45) is 0. The van der Waals surface area contributed by atoms with Gasteiger partial charge in [0.15, 0.2) is 5.16 Å². The van der Waals surface area contributed by atoms with Crippen molar-refractivity contribution in [3.8, 4) is 0 Å². The fraction of sp³-hybridized carbons (Fsp3) is 0.273. The number of aromatic nitrogens is 3. The summed E-state index contributed by atoms with van der Waals surface area (Å²) in [5.41, 5.74) is 5.77. The fourth-order valence-electron chi connectivity index (χ4n) is 1.53. The molecule has 0 aliphatic heterocycles. The second-order valence-corrected chi connectivity index (χ2v) is 5.07. The van der Waals surface area contributed by atoms with Gasteiger partial charge in [-0.05, 0) is 43.8 Å². The third-order valence-corrected chi connectivity index (χ3v) is 3.42. The van der Waals surface area contributed by atoms with Crippen molar-refractivity contribution in [1.29, 1.82) is 0 Å². The minimum absolute atomic E-state index is 0.0135. The Morgan fingerprint density at radius 3 is 2.83 bits per heavy atom. The van der Waals surface area contributed by atoms with E-state index in [2.05, 4.69) is 10.2 Å². The molecule has 0 fully saturated rings. The monoisotopic (exact) mass is 268 g/mol. The summed E-state index contributed by atoms with van der Waals surface area (Å²) in [5, 5.41) is 6.83. The molecule has 7 heteroatoms. The summed E-state index contributed by atoms with van der Waals surface area (Å²) in [4.78, 5) is 12.2. The van der Waals surface area contributed by atoms with E-state index in [4.69, 9.17) is 5.73 Å². The predicted octanol–water partition coefficient (Wildman–Crippen LogP) is 2.02. The van der Waals surface area contributed by atoms with Gasteiger partial charge in [0.2, 0.25) is 0 Å². The summed E-state index contributed by atoms with van der Waals surface area (Å²) < 4.78 is 14.5. The largest absolute Gasteiger partial charge is 0.398 e. The molecule has 0 bridgehead atoms. The number of benzene rings is 1. The molecule has 5 nitrogen and oxygen atoms in total. The number of nitrogens with zero attached hydrogens (tertiary/aromatic N) is 2. The van der Waals surface area contributed by atoms with E-state index in [9.17, 15) is 9.18 Å². The molecule has 1 aromatic heterocycles. The zero-order valence-electron chi connectivity index (χ0n) is 9.98. The number of rotatable bonds is 3. The van der Waals surface area contributed by atoms with Gasteiger partial charge in [-0.25, -0.2) is 14.3 Å². The average Bonchev–Trinajstić information content (AvgIpc) is 2.64. The first-order chi connectivity index (χ1) is 8.49. The van der Waals surface area contributed by atoms with Gasteiger partial charge in [0.25, 0.3) is 0 Å². The predicted molar refractivity (Wildman–Crippen MR) is 68.2 cm³/mol. The molecule has 0 spiro atoms. The van der Waals surface area contributed by atoms with Crippen molar-refractivity contribution in [3.63, 3.8) is 0 Å². The van der Waals surface area contributed by atoms with Crippen molar-refractivity contribution < 1.29 is 4.39 Å². The number of hydrogen-bond donors (Lipinski definition) is 2. The molecule has 0 amide bonds. The minimum atomic E-state index is -0.389. The van der Waals surface area contributed by atoms with Gasteiger partial charge in [-0.15, -0.1) is 5.10 Å². The van der Waals surface area contributed by atoms with Crippen LogP contribution in [0.15, 0.2) is 33.0 Å². The number of halogens is 1. The summed E-state index contributed by atoms with van der Waals surface area (Å²) in [6, 6.07) is 4.12. The molecule has 0 unspecified atom stereocenters. The van der Waals surface area contributed by atoms with Crippen LogP contribution in [0.3, 0.4) is 0 Å². The maximum atomic E-state index is 12.9. The van der Waals surface area contributed by atoms with Crippen LogP contribution in [0.4, 0.5) is 10.1 Å². The number of nitrogens with one attached hydrogen (secondary N) is 1. The summed E-state index contributed by atoms with van der Waals surface area (Å²) in [5.74, 6) is -0.389. The lowest BCUT2D eigenvalue weighted by Crippen LogP contribution is -2.19. The molecule has 1 heterocycles. The van der Waals surface area contributed by atoms with Gasteiger partial charge in [0.1, 0.15) is 5.82 Å². The molecule has 0 radical (unpaired) electrons. The molecular weight excluding hydrogens is 255 g/mol. The Hall–Kier alpha value is -1.76. The SMILES string of the molecule is CC(C)n1c(Sc2ccc(F)cc2N)n[nH]c1=O. The summed E-state index contributed by atoms with van der Waals surface area (Å²) >= 11 is 1.23. The van der Waals surface area contributed by atoms with Crippen molar-refractivity contribution in [2.45, 2.75) is 29.9 Å². The zero-order valence-corrected chi connectivity index (χ0v) is 10.8. The Kier molecular flexibility index (Phi) is 3.42. The van der Waals surface area contributed by atoms with E-state index >= 15 is 0 Å². The second kappa shape index (κ2) is 4.85. The zero-order chi connectivity index (χ0) is 13.3. The Morgan fingerprint density at radius 1 is 1.50 bits per heavy atom. The number of nitrogens with two attached hydrogens (primary N) is 1. The van der Waals surface area contributed by atoms with E-state index in [1.54, 1.807) is 6.07 Å². The van der Waals surface area contributed by atoms with Crippen LogP contribution < -0.4 is 11.4 Å². The van der Waals surface area contributed by atoms with Crippen LogP contribution in [-0.4, -0.2) is 14.8 Å². The highest BCUT2D eigenvalue weighted by atomic mass is 32.2. The standard InChI is InChI=1S/C11H13FN4OS/c1-6(2)16-10(17)14-15-11(16)18-9-4-3-7(12)5-8(9)13/h3-6H,13H2,1-2H3,(H,14,17). The maximum absolute atomic E-state index is 12.9. The third kappa shape index (κ3) is 2.40. The fourth-order valence-corrected chi connectivity index (χ4v) is 2.52. The van der Waals surface area contributed by atoms with Crippen molar-refractivity contribution >= 4 is 17.4 Å². The molecular formula is C11H13FN4OS. The Morgan fingerprint density at radius 2 is 2.22 bits per heavy atom. The van der Waals surface area contributed by atoms with Crippen LogP contribution in [0.5, 0.6) is 0 Å². The molecule has 1 aromatic carbocycles. The van der Waals surface area contributed by atoms with Crippen LogP contribution in [-0.2, 0) is 0 Å². The van der Waals surface area contributed by atoms with Crippen LogP contribution >= 0.6 is 11.8 Å². The lowest BCUT2D eigenvalue weighted by molar-refractivity contribution is 0.534. The smallest absolute Gasteiger partial charge is 0.344 e. The average molecular weight is 268 g/mol. The van der Waals surface area contributed by atoms with Gasteiger partial charge in [-0.2, -0.15) is 0 Å². The van der Waals surface area contributed by atoms with E-state index in [0.717, 1.165) is 0 Å². The minimum Gasteiger partial charge on any atom is -0.398 e. The number of aromatic amines is 1. The van der Waals surface area contributed by atoms with Crippen molar-refractivity contribution in [2.24, 2.45) is 0 Å². The highest BCUT2D eigenvalue weighted by Crippen LogP contribution is 2.31. The number of anilines is 1. The van der Waals surface area contributed by atoms with Gasteiger partial charge < -0.3 is 5.73 Å². The van der Waals surface area contributed by atoms with E-state index in [1.165, 1.54) is 28.5 Å². The van der Waals surface area contributed by atoms with Gasteiger partial charge in [0, 0.05) is 16.6 Å². The van der Waals surface area contributed by atoms with Crippen molar-refractivity contribution in [2.75, 3.05) is 5.73 Å². The normalized spacial score (nSPS) is 11.1. The molecule has 96 valence electrons. The molecule has 3 N–H and O–H groups in total. The number of nitrogen functional groups attached to an aromatic ring is 1. The van der Waals surface area contributed by atoms with Crippen LogP contribution in [0.2, 0.25) is 0 Å². The van der Waals surface area contributed by atoms with Gasteiger partial charge in [0.05, 0.1) is 0 Å². The van der Waals surface area contributed by atoms with Crippen LogP contribution in [0.1, 0.15) is 19.9 Å². The maximum Gasteiger partial charge on any atom is 0.344 e. The quantitative estimate of drug-likeness (QED) is 0.835. The molecule has 0 aliphatic rings. The molecule has 0 saturated carbocycles. The van der Waals surface area contributed by atoms with Crippen LogP contribution in [0.25, 0.3) is 0 Å². The Balaban J connectivity index is 2.37. The van der Waals surface area contributed by atoms with Gasteiger partial charge in [-0.3, -0.25) is 4.57 Å². The Bertz CT molecular complexity index is 620. The van der Waals surface area contributed by atoms with Crippen molar-refractivity contribution in [3.05, 3.63) is 34.5 Å². The van der Waals surface area contributed by atoms with E-state index < -0.39 is 0 Å². The molecule has 0 atom stereocenters. The van der Waals surface area contributed by atoms with Crippen molar-refractivity contribution in [1.82, 2.24) is 14.8 Å². The highest BCUT2D eigenvalue weighted by molar-refractivity contribution is 7.99. The Labute approximate surface area is 107 Å². The lowest BCUT2D eigenvalue weighted by Gasteiger charge is -2.09. The van der Waals surface area contributed by atoms with Gasteiger partial charge >= 0.3 is 5.69 Å². The topological polar surface area (TPSA) is 76.7 Å². The molecule has 2 rings (SSSR count). The second-order valence-electron chi connectivity index (χ2n) is 4.06. The highest BCUT2D eigenvalue weighted by Gasteiger charge is 2.14.